The van der Waals surface area contributed by atoms with Gasteiger partial charge in [0.2, 0.25) is 0 Å². The Morgan fingerprint density at radius 1 is 1.38 bits per heavy atom. The Bertz CT molecular complexity index is 640. The zero-order valence-electron chi connectivity index (χ0n) is 11.7. The first-order valence-electron chi connectivity index (χ1n) is 7.10. The average Bonchev–Trinajstić information content (AvgIpc) is 3.03. The summed E-state index contributed by atoms with van der Waals surface area (Å²) in [5, 5.41) is 21.0. The fourth-order valence-electron chi connectivity index (χ4n) is 4.31. The summed E-state index contributed by atoms with van der Waals surface area (Å²) in [7, 11) is 0. The molecule has 4 atom stereocenters. The van der Waals surface area contributed by atoms with Gasteiger partial charge in [-0.3, -0.25) is 0 Å². The molecule has 0 amide bonds. The predicted octanol–water partition coefficient (Wildman–Crippen LogP) is 4.67. The maximum absolute atomic E-state index is 13.8. The fourth-order valence-corrected chi connectivity index (χ4v) is 4.88. The van der Waals surface area contributed by atoms with Crippen LogP contribution in [-0.4, -0.2) is 5.11 Å². The zero-order chi connectivity index (χ0) is 15.4. The minimum absolute atomic E-state index is 0.0847. The van der Waals surface area contributed by atoms with E-state index in [0.717, 1.165) is 25.3 Å². The molecule has 0 spiro atoms. The van der Waals surface area contributed by atoms with Crippen LogP contribution in [0.5, 0.6) is 0 Å². The fraction of sp³-hybridized carbons (Fsp3) is 0.562. The van der Waals surface area contributed by atoms with Gasteiger partial charge < -0.3 is 5.11 Å². The van der Waals surface area contributed by atoms with Gasteiger partial charge in [0.05, 0.1) is 16.5 Å². The maximum atomic E-state index is 13.8. The molecule has 2 saturated carbocycles. The Morgan fingerprint density at radius 3 is 2.62 bits per heavy atom. The smallest absolute Gasteiger partial charge is 0.142 e. The molecule has 1 aromatic carbocycles. The lowest BCUT2D eigenvalue weighted by Crippen LogP contribution is -2.46. The second-order valence-corrected chi connectivity index (χ2v) is 7.30. The number of hydrogen-bond acceptors (Lipinski definition) is 2. The molecule has 0 aromatic heterocycles. The summed E-state index contributed by atoms with van der Waals surface area (Å²) in [5.41, 5.74) is -2.15. The van der Waals surface area contributed by atoms with Crippen LogP contribution in [0.15, 0.2) is 12.1 Å². The van der Waals surface area contributed by atoms with Crippen LogP contribution in [0.1, 0.15) is 38.2 Å². The number of nitrogens with zero attached hydrogens (tertiary/aromatic N) is 1. The first-order valence-corrected chi connectivity index (χ1v) is 7.86. The van der Waals surface area contributed by atoms with Gasteiger partial charge in [-0.05, 0) is 50.2 Å². The van der Waals surface area contributed by atoms with Gasteiger partial charge in [-0.1, -0.05) is 29.6 Å². The van der Waals surface area contributed by atoms with Crippen LogP contribution in [0.25, 0.3) is 0 Å². The molecule has 2 fully saturated rings. The van der Waals surface area contributed by atoms with Crippen LogP contribution in [0, 0.1) is 34.4 Å². The third-order valence-corrected chi connectivity index (χ3v) is 6.05. The standard InChI is InChI=1S/C16H16Cl2FNO/c1-15(21,11-5-14(19)13(18)6-12(11)17)16(8-20)7-9-2-3-10(16)4-9/h5-6,9-10,21H,2-4,7H2,1H3. The molecular formula is C16H16Cl2FNO. The van der Waals surface area contributed by atoms with Crippen molar-refractivity contribution < 1.29 is 9.50 Å². The second-order valence-electron chi connectivity index (χ2n) is 6.48. The molecule has 2 bridgehead atoms. The van der Waals surface area contributed by atoms with Gasteiger partial charge in [-0.25, -0.2) is 4.39 Å². The lowest BCUT2D eigenvalue weighted by Gasteiger charge is -2.44. The van der Waals surface area contributed by atoms with Gasteiger partial charge in [0.15, 0.2) is 0 Å². The van der Waals surface area contributed by atoms with Crippen molar-refractivity contribution >= 4 is 23.2 Å². The minimum atomic E-state index is -1.50. The van der Waals surface area contributed by atoms with E-state index in [0.29, 0.717) is 12.3 Å². The lowest BCUT2D eigenvalue weighted by molar-refractivity contribution is -0.0735. The average molecular weight is 328 g/mol. The van der Waals surface area contributed by atoms with E-state index in [2.05, 4.69) is 6.07 Å². The number of hydrogen-bond donors (Lipinski definition) is 1. The summed E-state index contributed by atoms with van der Waals surface area (Å²) in [5.74, 6) is -0.0260. The largest absolute Gasteiger partial charge is 0.384 e. The van der Waals surface area contributed by atoms with Crippen molar-refractivity contribution in [2.45, 2.75) is 38.2 Å². The number of nitriles is 1. The van der Waals surface area contributed by atoms with Crippen molar-refractivity contribution in [1.82, 2.24) is 0 Å². The number of benzene rings is 1. The topological polar surface area (TPSA) is 44.0 Å². The Hall–Kier alpha value is -0.820. The lowest BCUT2D eigenvalue weighted by atomic mass is 9.61. The Kier molecular flexibility index (Phi) is 3.48. The first kappa shape index (κ1) is 15.1. The monoisotopic (exact) mass is 327 g/mol. The predicted molar refractivity (Wildman–Crippen MR) is 79.5 cm³/mol. The Balaban J connectivity index is 2.12. The summed E-state index contributed by atoms with van der Waals surface area (Å²) in [6, 6.07) is 4.80. The quantitative estimate of drug-likeness (QED) is 0.802. The molecule has 2 aliphatic carbocycles. The van der Waals surface area contributed by atoms with Gasteiger partial charge in [-0.2, -0.15) is 5.26 Å². The van der Waals surface area contributed by atoms with E-state index in [9.17, 15) is 14.8 Å². The molecule has 1 N–H and O–H groups in total. The molecule has 0 radical (unpaired) electrons. The summed E-state index contributed by atoms with van der Waals surface area (Å²) >= 11 is 11.9. The Morgan fingerprint density at radius 2 is 2.10 bits per heavy atom. The van der Waals surface area contributed by atoms with Crippen LogP contribution in [0.2, 0.25) is 10.0 Å². The maximum Gasteiger partial charge on any atom is 0.142 e. The molecule has 1 aromatic rings. The van der Waals surface area contributed by atoms with Gasteiger partial charge in [0.25, 0.3) is 0 Å². The zero-order valence-corrected chi connectivity index (χ0v) is 13.2. The van der Waals surface area contributed by atoms with Crippen molar-refractivity contribution in [3.63, 3.8) is 0 Å². The van der Waals surface area contributed by atoms with E-state index in [4.69, 9.17) is 23.2 Å². The molecule has 0 saturated heterocycles. The van der Waals surface area contributed by atoms with E-state index < -0.39 is 16.8 Å². The molecule has 3 rings (SSSR count). The van der Waals surface area contributed by atoms with Gasteiger partial charge in [-0.15, -0.1) is 0 Å². The normalized spacial score (nSPS) is 33.7. The Labute approximate surface area is 133 Å². The van der Waals surface area contributed by atoms with Gasteiger partial charge in [0.1, 0.15) is 11.4 Å². The second kappa shape index (κ2) is 4.84. The number of rotatable bonds is 2. The van der Waals surface area contributed by atoms with Crippen molar-refractivity contribution in [2.24, 2.45) is 17.3 Å². The van der Waals surface area contributed by atoms with E-state index in [-0.39, 0.29) is 21.5 Å². The molecular weight excluding hydrogens is 312 g/mol. The highest BCUT2D eigenvalue weighted by Crippen LogP contribution is 2.63. The van der Waals surface area contributed by atoms with E-state index in [1.807, 2.05) is 0 Å². The molecule has 4 unspecified atom stereocenters. The molecule has 0 heterocycles. The molecule has 21 heavy (non-hydrogen) atoms. The number of aliphatic hydroxyl groups is 1. The van der Waals surface area contributed by atoms with E-state index in [1.54, 1.807) is 6.92 Å². The van der Waals surface area contributed by atoms with Crippen molar-refractivity contribution in [2.75, 3.05) is 0 Å². The van der Waals surface area contributed by atoms with Crippen molar-refractivity contribution in [1.29, 1.82) is 5.26 Å². The van der Waals surface area contributed by atoms with Crippen molar-refractivity contribution in [3.05, 3.63) is 33.6 Å². The highest BCUT2D eigenvalue weighted by Gasteiger charge is 2.61. The summed E-state index contributed by atoms with van der Waals surface area (Å²) in [4.78, 5) is 0. The highest BCUT2D eigenvalue weighted by atomic mass is 35.5. The van der Waals surface area contributed by atoms with Gasteiger partial charge >= 0.3 is 0 Å². The summed E-state index contributed by atoms with van der Waals surface area (Å²) in [6.07, 6.45) is 3.63. The van der Waals surface area contributed by atoms with Crippen LogP contribution in [0.4, 0.5) is 4.39 Å². The van der Waals surface area contributed by atoms with E-state index in [1.165, 1.54) is 6.07 Å². The molecule has 5 heteroatoms. The van der Waals surface area contributed by atoms with Crippen molar-refractivity contribution in [3.8, 4) is 6.07 Å². The summed E-state index contributed by atoms with van der Waals surface area (Å²) < 4.78 is 13.8. The van der Waals surface area contributed by atoms with Crippen LogP contribution in [0.3, 0.4) is 0 Å². The van der Waals surface area contributed by atoms with Crippen LogP contribution < -0.4 is 0 Å². The molecule has 2 aliphatic rings. The third-order valence-electron chi connectivity index (χ3n) is 5.45. The molecule has 0 aliphatic heterocycles. The number of halogens is 3. The molecule has 112 valence electrons. The number of fused-ring (bicyclic) bond motifs is 2. The SMILES string of the molecule is CC(O)(c1cc(F)c(Cl)cc1Cl)C1(C#N)CC2CCC1C2. The highest BCUT2D eigenvalue weighted by molar-refractivity contribution is 6.35. The van der Waals surface area contributed by atoms with E-state index >= 15 is 0 Å². The van der Waals surface area contributed by atoms with Crippen LogP contribution >= 0.6 is 23.2 Å². The van der Waals surface area contributed by atoms with Gasteiger partial charge in [0, 0.05) is 10.6 Å². The third kappa shape index (κ3) is 2.00. The first-order chi connectivity index (χ1) is 9.81. The minimum Gasteiger partial charge on any atom is -0.384 e. The van der Waals surface area contributed by atoms with Crippen LogP contribution in [-0.2, 0) is 5.60 Å². The molecule has 2 nitrogen and oxygen atoms in total. The summed E-state index contributed by atoms with van der Waals surface area (Å²) in [6.45, 7) is 1.57.